The van der Waals surface area contributed by atoms with E-state index in [1.807, 2.05) is 19.2 Å². The van der Waals surface area contributed by atoms with Gasteiger partial charge in [-0.25, -0.2) is 4.98 Å². The second-order valence-electron chi connectivity index (χ2n) is 6.06. The molecule has 0 aliphatic heterocycles. The number of aromatic nitrogens is 3. The smallest absolute Gasteiger partial charge is 0.222 e. The minimum Gasteiger partial charge on any atom is -0.368 e. The summed E-state index contributed by atoms with van der Waals surface area (Å²) in [6.45, 7) is 6.48. The molecule has 20 heavy (non-hydrogen) atoms. The molecule has 2 N–H and O–H groups in total. The molecule has 5 heteroatoms. The van der Waals surface area contributed by atoms with Crippen molar-refractivity contribution in [2.75, 3.05) is 5.73 Å². The van der Waals surface area contributed by atoms with E-state index in [9.17, 15) is 0 Å². The van der Waals surface area contributed by atoms with Crippen molar-refractivity contribution in [2.45, 2.75) is 26.2 Å². The van der Waals surface area contributed by atoms with Gasteiger partial charge in [-0.05, 0) is 12.1 Å². The molecular weight excluding hydrogens is 252 g/mol. The zero-order chi connectivity index (χ0) is 14.5. The van der Waals surface area contributed by atoms with E-state index in [0.717, 1.165) is 28.1 Å². The summed E-state index contributed by atoms with van der Waals surface area (Å²) in [5, 5.41) is 3.94. The first-order valence-corrected chi connectivity index (χ1v) is 6.56. The standard InChI is InChI=1S/C15H18N4O/c1-15(2,3)14-17-11-7-9(5-6-12(11)19(14)4)10-8-13(16)20-18-10/h5-8H,16H2,1-4H3. The molecule has 2 aromatic heterocycles. The fourth-order valence-electron chi connectivity index (χ4n) is 2.46. The number of hydrogen-bond acceptors (Lipinski definition) is 4. The lowest BCUT2D eigenvalue weighted by atomic mass is 9.96. The lowest BCUT2D eigenvalue weighted by Crippen LogP contribution is -2.17. The van der Waals surface area contributed by atoms with Gasteiger partial charge >= 0.3 is 0 Å². The van der Waals surface area contributed by atoms with Gasteiger partial charge in [0.2, 0.25) is 5.88 Å². The van der Waals surface area contributed by atoms with E-state index < -0.39 is 0 Å². The van der Waals surface area contributed by atoms with Crippen molar-refractivity contribution in [1.29, 1.82) is 0 Å². The minimum atomic E-state index is 0.00620. The predicted octanol–water partition coefficient (Wildman–Crippen LogP) is 3.11. The van der Waals surface area contributed by atoms with Crippen molar-refractivity contribution in [1.82, 2.24) is 14.7 Å². The first kappa shape index (κ1) is 12.7. The first-order valence-electron chi connectivity index (χ1n) is 6.56. The number of anilines is 1. The zero-order valence-corrected chi connectivity index (χ0v) is 12.1. The highest BCUT2D eigenvalue weighted by molar-refractivity contribution is 5.82. The third-order valence-corrected chi connectivity index (χ3v) is 3.38. The highest BCUT2D eigenvalue weighted by Gasteiger charge is 2.21. The molecule has 0 aliphatic carbocycles. The van der Waals surface area contributed by atoms with Crippen molar-refractivity contribution in [3.8, 4) is 11.3 Å². The Morgan fingerprint density at radius 1 is 1.20 bits per heavy atom. The third-order valence-electron chi connectivity index (χ3n) is 3.38. The van der Waals surface area contributed by atoms with Crippen LogP contribution in [-0.4, -0.2) is 14.7 Å². The number of aryl methyl sites for hydroxylation is 1. The summed E-state index contributed by atoms with van der Waals surface area (Å²) in [6, 6.07) is 7.79. The van der Waals surface area contributed by atoms with Gasteiger partial charge in [0.05, 0.1) is 11.0 Å². The summed E-state index contributed by atoms with van der Waals surface area (Å²) in [5.74, 6) is 1.38. The number of nitrogens with zero attached hydrogens (tertiary/aromatic N) is 3. The molecule has 3 rings (SSSR count). The van der Waals surface area contributed by atoms with Crippen LogP contribution in [0.2, 0.25) is 0 Å². The molecule has 0 amide bonds. The molecule has 2 heterocycles. The quantitative estimate of drug-likeness (QED) is 0.737. The molecule has 0 saturated carbocycles. The molecule has 104 valence electrons. The molecule has 0 radical (unpaired) electrons. The van der Waals surface area contributed by atoms with E-state index in [4.69, 9.17) is 15.2 Å². The van der Waals surface area contributed by atoms with Crippen LogP contribution in [0, 0.1) is 0 Å². The van der Waals surface area contributed by atoms with Gasteiger partial charge in [-0.3, -0.25) is 0 Å². The van der Waals surface area contributed by atoms with Crippen LogP contribution in [0.4, 0.5) is 5.88 Å². The molecule has 0 aliphatic rings. The van der Waals surface area contributed by atoms with Crippen LogP contribution >= 0.6 is 0 Å². The van der Waals surface area contributed by atoms with Gasteiger partial charge in [0, 0.05) is 24.1 Å². The topological polar surface area (TPSA) is 69.9 Å². The molecule has 0 saturated heterocycles. The summed E-state index contributed by atoms with van der Waals surface area (Å²) in [4.78, 5) is 4.75. The Labute approximate surface area is 117 Å². The maximum Gasteiger partial charge on any atom is 0.222 e. The number of nitrogen functional groups attached to an aromatic ring is 1. The molecule has 3 aromatic rings. The maximum absolute atomic E-state index is 5.56. The van der Waals surface area contributed by atoms with Crippen LogP contribution < -0.4 is 5.73 Å². The summed E-state index contributed by atoms with van der Waals surface area (Å²) < 4.78 is 7.05. The fourth-order valence-corrected chi connectivity index (χ4v) is 2.46. The summed E-state index contributed by atoms with van der Waals surface area (Å²) >= 11 is 0. The number of hydrogen-bond donors (Lipinski definition) is 1. The summed E-state index contributed by atoms with van der Waals surface area (Å²) in [5.41, 5.74) is 9.32. The molecule has 0 bridgehead atoms. The van der Waals surface area contributed by atoms with E-state index in [-0.39, 0.29) is 5.41 Å². The van der Waals surface area contributed by atoms with Gasteiger partial charge in [-0.1, -0.05) is 32.0 Å². The van der Waals surface area contributed by atoms with Crippen LogP contribution in [0.3, 0.4) is 0 Å². The van der Waals surface area contributed by atoms with Gasteiger partial charge in [0.1, 0.15) is 11.5 Å². The van der Waals surface area contributed by atoms with Gasteiger partial charge < -0.3 is 14.8 Å². The van der Waals surface area contributed by atoms with E-state index in [1.54, 1.807) is 6.07 Å². The Kier molecular flexibility index (Phi) is 2.61. The average molecular weight is 270 g/mol. The number of benzene rings is 1. The molecule has 0 unspecified atom stereocenters. The molecule has 0 spiro atoms. The van der Waals surface area contributed by atoms with E-state index >= 15 is 0 Å². The maximum atomic E-state index is 5.56. The SMILES string of the molecule is Cn1c(C(C)(C)C)nc2cc(-c3cc(N)on3)ccc21. The summed E-state index contributed by atoms with van der Waals surface area (Å²) in [6.07, 6.45) is 0. The lowest BCUT2D eigenvalue weighted by molar-refractivity contribution is 0.439. The second kappa shape index (κ2) is 4.10. The Hall–Kier alpha value is -2.30. The van der Waals surface area contributed by atoms with Gasteiger partial charge in [-0.15, -0.1) is 0 Å². The largest absolute Gasteiger partial charge is 0.368 e. The molecule has 5 nitrogen and oxygen atoms in total. The monoisotopic (exact) mass is 270 g/mol. The number of fused-ring (bicyclic) bond motifs is 1. The molecule has 0 atom stereocenters. The average Bonchev–Trinajstić information content (AvgIpc) is 2.93. The van der Waals surface area contributed by atoms with Gasteiger partial charge in [0.15, 0.2) is 0 Å². The van der Waals surface area contributed by atoms with Gasteiger partial charge in [0.25, 0.3) is 0 Å². The highest BCUT2D eigenvalue weighted by atomic mass is 16.5. The van der Waals surface area contributed by atoms with E-state index in [1.165, 1.54) is 0 Å². The van der Waals surface area contributed by atoms with Crippen LogP contribution in [0.15, 0.2) is 28.8 Å². The molecule has 1 aromatic carbocycles. The van der Waals surface area contributed by atoms with E-state index in [0.29, 0.717) is 5.88 Å². The third kappa shape index (κ3) is 1.95. The predicted molar refractivity (Wildman–Crippen MR) is 79.3 cm³/mol. The van der Waals surface area contributed by atoms with Gasteiger partial charge in [-0.2, -0.15) is 0 Å². The first-order chi connectivity index (χ1) is 9.36. The number of nitrogens with two attached hydrogens (primary N) is 1. The zero-order valence-electron chi connectivity index (χ0n) is 12.1. The van der Waals surface area contributed by atoms with Crippen molar-refractivity contribution >= 4 is 16.9 Å². The van der Waals surface area contributed by atoms with Crippen LogP contribution in [-0.2, 0) is 12.5 Å². The van der Waals surface area contributed by atoms with Crippen LogP contribution in [0.25, 0.3) is 22.3 Å². The Morgan fingerprint density at radius 2 is 1.95 bits per heavy atom. The fraction of sp³-hybridized carbons (Fsp3) is 0.333. The Bertz CT molecular complexity index is 777. The normalized spacial score (nSPS) is 12.2. The van der Waals surface area contributed by atoms with Crippen molar-refractivity contribution in [3.05, 3.63) is 30.1 Å². The Balaban J connectivity index is 2.17. The molecule has 0 fully saturated rings. The van der Waals surface area contributed by atoms with Crippen molar-refractivity contribution in [3.63, 3.8) is 0 Å². The number of rotatable bonds is 1. The molecular formula is C15H18N4O. The van der Waals surface area contributed by atoms with Crippen molar-refractivity contribution < 1.29 is 4.52 Å². The second-order valence-corrected chi connectivity index (χ2v) is 6.06. The minimum absolute atomic E-state index is 0.00620. The summed E-state index contributed by atoms with van der Waals surface area (Å²) in [7, 11) is 2.05. The van der Waals surface area contributed by atoms with Crippen molar-refractivity contribution in [2.24, 2.45) is 7.05 Å². The van der Waals surface area contributed by atoms with Crippen LogP contribution in [0.1, 0.15) is 26.6 Å². The Morgan fingerprint density at radius 3 is 2.55 bits per heavy atom. The lowest BCUT2D eigenvalue weighted by Gasteiger charge is -2.17. The van der Waals surface area contributed by atoms with E-state index in [2.05, 4.69) is 36.6 Å². The number of imidazole rings is 1. The highest BCUT2D eigenvalue weighted by Crippen LogP contribution is 2.28. The van der Waals surface area contributed by atoms with Crippen LogP contribution in [0.5, 0.6) is 0 Å².